The van der Waals surface area contributed by atoms with E-state index in [9.17, 15) is 22.8 Å². The lowest BCUT2D eigenvalue weighted by Gasteiger charge is -2.26. The average Bonchev–Trinajstić information content (AvgIpc) is 3.17. The molecule has 38 heavy (non-hydrogen) atoms. The molecular formula is C25H19Cl2F3N2O5S. The Kier molecular flexibility index (Phi) is 7.91. The number of esters is 1. The molecule has 0 spiro atoms. The van der Waals surface area contributed by atoms with E-state index < -0.39 is 35.0 Å². The van der Waals surface area contributed by atoms with Gasteiger partial charge in [-0.1, -0.05) is 46.7 Å². The Hall–Kier alpha value is -3.28. The van der Waals surface area contributed by atoms with Crippen molar-refractivity contribution in [1.82, 2.24) is 4.57 Å². The molecule has 0 saturated heterocycles. The number of methoxy groups -OCH3 is 2. The van der Waals surface area contributed by atoms with Crippen LogP contribution in [0.15, 0.2) is 57.5 Å². The first-order valence-corrected chi connectivity index (χ1v) is 12.5. The monoisotopic (exact) mass is 586 g/mol. The molecule has 0 aliphatic carbocycles. The predicted molar refractivity (Wildman–Crippen MR) is 137 cm³/mol. The molecular weight excluding hydrogens is 568 g/mol. The summed E-state index contributed by atoms with van der Waals surface area (Å²) in [7, 11) is 2.82. The van der Waals surface area contributed by atoms with E-state index in [2.05, 4.69) is 4.99 Å². The third kappa shape index (κ3) is 5.18. The molecule has 0 saturated carbocycles. The summed E-state index contributed by atoms with van der Waals surface area (Å²) >= 11 is 13.0. The third-order valence-electron chi connectivity index (χ3n) is 5.53. The number of aromatic nitrogens is 1. The van der Waals surface area contributed by atoms with Crippen LogP contribution in [0, 0.1) is 0 Å². The van der Waals surface area contributed by atoms with Crippen LogP contribution < -0.4 is 24.4 Å². The molecule has 1 aliphatic rings. The van der Waals surface area contributed by atoms with Gasteiger partial charge in [0.05, 0.1) is 42.0 Å². The van der Waals surface area contributed by atoms with Gasteiger partial charge in [-0.2, -0.15) is 13.2 Å². The van der Waals surface area contributed by atoms with E-state index in [1.54, 1.807) is 6.07 Å². The first-order chi connectivity index (χ1) is 18.0. The topological polar surface area (TPSA) is 79.1 Å². The maximum absolute atomic E-state index is 14.2. The van der Waals surface area contributed by atoms with Gasteiger partial charge in [0.1, 0.15) is 0 Å². The Morgan fingerprint density at radius 1 is 1.16 bits per heavy atom. The standard InChI is InChI=1S/C25H19Cl2F3N2O5S/c1-4-37-23(34)18-19(13-5-7-14(26)8-6-13)32-22(33)17(38-24(32)31-21(18)25(28,29)30)11-12-9-15(27)20(36-3)16(10-12)35-2/h5-11,19H,4H2,1-3H3/b17-11-/t19-/m1/s1. The molecule has 1 aliphatic heterocycles. The normalized spacial score (nSPS) is 15.7. The zero-order valence-electron chi connectivity index (χ0n) is 20.1. The minimum Gasteiger partial charge on any atom is -0.493 e. The molecule has 7 nitrogen and oxygen atoms in total. The molecule has 4 rings (SSSR count). The minimum atomic E-state index is -5.00. The Bertz CT molecular complexity index is 1610. The van der Waals surface area contributed by atoms with Crippen molar-refractivity contribution in [3.8, 4) is 11.5 Å². The van der Waals surface area contributed by atoms with Crippen molar-refractivity contribution < 1.29 is 32.2 Å². The molecule has 0 fully saturated rings. The number of alkyl halides is 3. The summed E-state index contributed by atoms with van der Waals surface area (Å²) in [6.45, 7) is 1.29. The van der Waals surface area contributed by atoms with Crippen molar-refractivity contribution in [2.75, 3.05) is 20.8 Å². The molecule has 2 aromatic carbocycles. The van der Waals surface area contributed by atoms with Gasteiger partial charge >= 0.3 is 12.1 Å². The van der Waals surface area contributed by atoms with Gasteiger partial charge < -0.3 is 14.2 Å². The minimum absolute atomic E-state index is 0.0534. The van der Waals surface area contributed by atoms with Crippen molar-refractivity contribution in [2.24, 2.45) is 4.99 Å². The third-order valence-corrected chi connectivity index (χ3v) is 7.05. The molecule has 13 heteroatoms. The summed E-state index contributed by atoms with van der Waals surface area (Å²) in [6, 6.07) is 7.40. The summed E-state index contributed by atoms with van der Waals surface area (Å²) in [4.78, 5) is 30.0. The summed E-state index contributed by atoms with van der Waals surface area (Å²) in [5, 5.41) is 0.526. The van der Waals surface area contributed by atoms with Crippen LogP contribution in [0.5, 0.6) is 11.5 Å². The average molecular weight is 587 g/mol. The number of allylic oxidation sites excluding steroid dienone is 1. The number of halogens is 5. The fourth-order valence-corrected chi connectivity index (χ4v) is 5.40. The fraction of sp³-hybridized carbons (Fsp3) is 0.240. The number of rotatable bonds is 6. The van der Waals surface area contributed by atoms with Crippen LogP contribution in [0.4, 0.5) is 13.2 Å². The number of nitrogens with zero attached hydrogens (tertiary/aromatic N) is 2. The van der Waals surface area contributed by atoms with Crippen LogP contribution in [0.3, 0.4) is 0 Å². The van der Waals surface area contributed by atoms with Crippen LogP contribution in [0.1, 0.15) is 24.1 Å². The van der Waals surface area contributed by atoms with Crippen LogP contribution in [-0.2, 0) is 9.53 Å². The molecule has 200 valence electrons. The second kappa shape index (κ2) is 10.8. The van der Waals surface area contributed by atoms with Gasteiger partial charge in [-0.15, -0.1) is 0 Å². The maximum Gasteiger partial charge on any atom is 0.434 e. The number of hydrogen-bond donors (Lipinski definition) is 0. The highest BCUT2D eigenvalue weighted by Gasteiger charge is 2.45. The van der Waals surface area contributed by atoms with E-state index >= 15 is 0 Å². The summed E-state index contributed by atoms with van der Waals surface area (Å²) in [6.07, 6.45) is -3.56. The molecule has 0 radical (unpaired) electrons. The van der Waals surface area contributed by atoms with Crippen LogP contribution in [0.2, 0.25) is 10.0 Å². The number of ether oxygens (including phenoxy) is 3. The van der Waals surface area contributed by atoms with E-state index in [1.807, 2.05) is 0 Å². The van der Waals surface area contributed by atoms with Gasteiger partial charge in [-0.25, -0.2) is 9.79 Å². The summed E-state index contributed by atoms with van der Waals surface area (Å²) in [5.41, 5.74) is -2.24. The number of thiazole rings is 1. The molecule has 0 N–H and O–H groups in total. The van der Waals surface area contributed by atoms with Gasteiger partial charge in [0, 0.05) is 5.02 Å². The van der Waals surface area contributed by atoms with Crippen molar-refractivity contribution in [3.63, 3.8) is 0 Å². The van der Waals surface area contributed by atoms with Gasteiger partial charge in [-0.3, -0.25) is 9.36 Å². The molecule has 0 amide bonds. The van der Waals surface area contributed by atoms with E-state index in [1.165, 1.54) is 57.6 Å². The number of carbonyl (C=O) groups excluding carboxylic acids is 1. The van der Waals surface area contributed by atoms with E-state index in [-0.39, 0.29) is 32.3 Å². The highest BCUT2D eigenvalue weighted by molar-refractivity contribution is 7.07. The van der Waals surface area contributed by atoms with Gasteiger partial charge in [0.15, 0.2) is 22.0 Å². The maximum atomic E-state index is 14.2. The first-order valence-electron chi connectivity index (χ1n) is 11.0. The summed E-state index contributed by atoms with van der Waals surface area (Å²) < 4.78 is 59.1. The SMILES string of the molecule is CCOC(=O)C1=C(C(F)(F)F)N=c2s/c(=C\c3cc(Cl)c(OC)c(OC)c3)c(=O)n2[C@@H]1c1ccc(Cl)cc1. The lowest BCUT2D eigenvalue weighted by molar-refractivity contribution is -0.140. The molecule has 1 aromatic heterocycles. The van der Waals surface area contributed by atoms with E-state index in [4.69, 9.17) is 37.4 Å². The smallest absolute Gasteiger partial charge is 0.434 e. The van der Waals surface area contributed by atoms with Crippen LogP contribution >= 0.6 is 34.5 Å². The van der Waals surface area contributed by atoms with Gasteiger partial charge in [0.25, 0.3) is 5.56 Å². The van der Waals surface area contributed by atoms with Gasteiger partial charge in [0.2, 0.25) is 0 Å². The van der Waals surface area contributed by atoms with Crippen LogP contribution in [-0.4, -0.2) is 37.5 Å². The zero-order valence-corrected chi connectivity index (χ0v) is 22.4. The fourth-order valence-electron chi connectivity index (χ4n) is 3.97. The largest absolute Gasteiger partial charge is 0.493 e. The lowest BCUT2D eigenvalue weighted by Crippen LogP contribution is -2.41. The number of benzene rings is 2. The highest BCUT2D eigenvalue weighted by atomic mass is 35.5. The number of hydrogen-bond acceptors (Lipinski definition) is 7. The molecule has 3 aromatic rings. The number of fused-ring (bicyclic) bond motifs is 1. The van der Waals surface area contributed by atoms with E-state index in [0.717, 1.165) is 15.9 Å². The van der Waals surface area contributed by atoms with Crippen molar-refractivity contribution in [2.45, 2.75) is 19.1 Å². The Morgan fingerprint density at radius 2 is 1.84 bits per heavy atom. The summed E-state index contributed by atoms with van der Waals surface area (Å²) in [5.74, 6) is -0.657. The first kappa shape index (κ1) is 27.7. The Balaban J connectivity index is 2.03. The molecule has 0 bridgehead atoms. The van der Waals surface area contributed by atoms with Crippen molar-refractivity contribution >= 4 is 46.6 Å². The van der Waals surface area contributed by atoms with Crippen molar-refractivity contribution in [1.29, 1.82) is 0 Å². The predicted octanol–water partition coefficient (Wildman–Crippen LogP) is 4.66. The Morgan fingerprint density at radius 3 is 2.42 bits per heavy atom. The lowest BCUT2D eigenvalue weighted by atomic mass is 9.95. The zero-order chi connectivity index (χ0) is 27.8. The van der Waals surface area contributed by atoms with Crippen molar-refractivity contribution in [3.05, 3.63) is 88.5 Å². The van der Waals surface area contributed by atoms with E-state index in [0.29, 0.717) is 16.3 Å². The van der Waals surface area contributed by atoms with Gasteiger partial charge in [-0.05, 0) is 48.4 Å². The second-order valence-corrected chi connectivity index (χ2v) is 9.71. The quantitative estimate of drug-likeness (QED) is 0.392. The molecule has 0 unspecified atom stereocenters. The van der Waals surface area contributed by atoms with Crippen LogP contribution in [0.25, 0.3) is 6.08 Å². The second-order valence-electron chi connectivity index (χ2n) is 7.85. The Labute approximate surface area is 228 Å². The number of carbonyl (C=O) groups is 1. The molecule has 2 heterocycles. The highest BCUT2D eigenvalue weighted by Crippen LogP contribution is 2.39. The molecule has 1 atom stereocenters.